The number of nitrogens with zero attached hydrogens (tertiary/aromatic N) is 5. The number of halogens is 4. The maximum absolute atomic E-state index is 14.2. The van der Waals surface area contributed by atoms with Crippen molar-refractivity contribution in [2.75, 3.05) is 42.6 Å². The van der Waals surface area contributed by atoms with E-state index in [4.69, 9.17) is 4.74 Å². The molecule has 7 nitrogen and oxygen atoms in total. The van der Waals surface area contributed by atoms with Crippen LogP contribution in [0.25, 0.3) is 0 Å². The van der Waals surface area contributed by atoms with Crippen LogP contribution in [0.5, 0.6) is 5.75 Å². The van der Waals surface area contributed by atoms with Crippen molar-refractivity contribution in [3.8, 4) is 5.75 Å². The van der Waals surface area contributed by atoms with Crippen molar-refractivity contribution in [2.24, 2.45) is 5.41 Å². The minimum absolute atomic E-state index is 0.0168. The number of ether oxygens (including phenoxy) is 1. The first-order valence-electron chi connectivity index (χ1n) is 9.81. The summed E-state index contributed by atoms with van der Waals surface area (Å²) in [6.45, 7) is 4.21. The molecule has 2 fully saturated rings. The Bertz CT molecular complexity index is 1020. The molecule has 3 aliphatic heterocycles. The fourth-order valence-corrected chi connectivity index (χ4v) is 4.49. The van der Waals surface area contributed by atoms with Gasteiger partial charge in [-0.15, -0.1) is 0 Å². The second-order valence-corrected chi connectivity index (χ2v) is 8.37. The standard InChI is InChI=1S/C20H19F4N5O2/c1-12-7-31-16-5-13(20(22,23)24)14(21)6-15(16)29(12)18(30)28-10-19(11-28)8-27(9-19)17-25-3-2-4-26-17/h2-6,12H,7-11H2,1H3. The van der Waals surface area contributed by atoms with Crippen LogP contribution in [0.4, 0.5) is 34.0 Å². The first-order chi connectivity index (χ1) is 14.7. The smallest absolute Gasteiger partial charge is 0.419 e. The van der Waals surface area contributed by atoms with Crippen LogP contribution in [0.1, 0.15) is 12.5 Å². The van der Waals surface area contributed by atoms with Gasteiger partial charge in [0.15, 0.2) is 0 Å². The Morgan fingerprint density at radius 3 is 2.48 bits per heavy atom. The van der Waals surface area contributed by atoms with Crippen molar-refractivity contribution < 1.29 is 27.1 Å². The minimum atomic E-state index is -4.84. The molecule has 11 heteroatoms. The van der Waals surface area contributed by atoms with E-state index in [1.54, 1.807) is 30.3 Å². The number of alkyl halides is 3. The Morgan fingerprint density at radius 2 is 1.84 bits per heavy atom. The number of carbonyl (C=O) groups excluding carboxylic acids is 1. The van der Waals surface area contributed by atoms with Gasteiger partial charge in [-0.05, 0) is 19.1 Å². The van der Waals surface area contributed by atoms with Gasteiger partial charge in [0.05, 0.1) is 17.3 Å². The second-order valence-electron chi connectivity index (χ2n) is 8.37. The van der Waals surface area contributed by atoms with Gasteiger partial charge in [0.2, 0.25) is 5.95 Å². The molecule has 3 aliphatic rings. The summed E-state index contributed by atoms with van der Waals surface area (Å²) < 4.78 is 58.6. The second kappa shape index (κ2) is 6.69. The van der Waals surface area contributed by atoms with Crippen LogP contribution in [0.15, 0.2) is 30.6 Å². The van der Waals surface area contributed by atoms with Gasteiger partial charge in [0.1, 0.15) is 18.2 Å². The number of hydrogen-bond acceptors (Lipinski definition) is 5. The van der Waals surface area contributed by atoms with Crippen LogP contribution in [-0.2, 0) is 6.18 Å². The number of benzene rings is 1. The lowest BCUT2D eigenvalue weighted by molar-refractivity contribution is -0.140. The molecular weight excluding hydrogens is 418 g/mol. The summed E-state index contributed by atoms with van der Waals surface area (Å²) in [7, 11) is 0. The van der Waals surface area contributed by atoms with E-state index in [0.29, 0.717) is 25.1 Å². The number of hydrogen-bond donors (Lipinski definition) is 0. The van der Waals surface area contributed by atoms with Crippen LogP contribution in [0.3, 0.4) is 0 Å². The summed E-state index contributed by atoms with van der Waals surface area (Å²) in [6.07, 6.45) is -1.50. The molecule has 1 aromatic heterocycles. The summed E-state index contributed by atoms with van der Waals surface area (Å²) in [5, 5.41) is 0. The van der Waals surface area contributed by atoms with E-state index in [0.717, 1.165) is 19.2 Å². The van der Waals surface area contributed by atoms with E-state index in [1.807, 2.05) is 4.90 Å². The minimum Gasteiger partial charge on any atom is -0.489 e. The first-order valence-corrected chi connectivity index (χ1v) is 9.81. The fraction of sp³-hybridized carbons (Fsp3) is 0.450. The zero-order chi connectivity index (χ0) is 22.0. The third kappa shape index (κ3) is 3.22. The number of likely N-dealkylation sites (tertiary alicyclic amines) is 1. The maximum atomic E-state index is 14.2. The van der Waals surface area contributed by atoms with Crippen LogP contribution < -0.4 is 14.5 Å². The van der Waals surface area contributed by atoms with Gasteiger partial charge in [0, 0.05) is 50.1 Å². The van der Waals surface area contributed by atoms with Gasteiger partial charge in [-0.3, -0.25) is 4.90 Å². The molecule has 0 N–H and O–H groups in total. The molecule has 0 bridgehead atoms. The molecular formula is C20H19F4N5O2. The highest BCUT2D eigenvalue weighted by atomic mass is 19.4. The van der Waals surface area contributed by atoms with Crippen molar-refractivity contribution in [2.45, 2.75) is 19.1 Å². The summed E-state index contributed by atoms with van der Waals surface area (Å²) >= 11 is 0. The fourth-order valence-electron chi connectivity index (χ4n) is 4.49. The number of amides is 2. The van der Waals surface area contributed by atoms with E-state index in [1.165, 1.54) is 4.90 Å². The lowest BCUT2D eigenvalue weighted by Crippen LogP contribution is -2.74. The van der Waals surface area contributed by atoms with Gasteiger partial charge in [-0.25, -0.2) is 19.2 Å². The predicted octanol–water partition coefficient (Wildman–Crippen LogP) is 3.16. The molecule has 2 saturated heterocycles. The molecule has 31 heavy (non-hydrogen) atoms. The Balaban J connectivity index is 1.31. The molecule has 4 heterocycles. The molecule has 0 radical (unpaired) electrons. The molecule has 164 valence electrons. The van der Waals surface area contributed by atoms with Gasteiger partial charge >= 0.3 is 12.2 Å². The van der Waals surface area contributed by atoms with Gasteiger partial charge in [-0.2, -0.15) is 13.2 Å². The van der Waals surface area contributed by atoms with Gasteiger partial charge < -0.3 is 14.5 Å². The zero-order valence-electron chi connectivity index (χ0n) is 16.6. The number of aromatic nitrogens is 2. The van der Waals surface area contributed by atoms with Crippen LogP contribution >= 0.6 is 0 Å². The number of anilines is 2. The van der Waals surface area contributed by atoms with Crippen molar-refractivity contribution in [1.82, 2.24) is 14.9 Å². The van der Waals surface area contributed by atoms with Crippen molar-refractivity contribution >= 4 is 17.7 Å². The number of fused-ring (bicyclic) bond motifs is 1. The van der Waals surface area contributed by atoms with Crippen LogP contribution in [0, 0.1) is 11.2 Å². The third-order valence-electron chi connectivity index (χ3n) is 5.95. The highest BCUT2D eigenvalue weighted by Gasteiger charge is 2.55. The highest BCUT2D eigenvalue weighted by Crippen LogP contribution is 2.44. The molecule has 1 spiro atoms. The topological polar surface area (TPSA) is 61.8 Å². The van der Waals surface area contributed by atoms with Crippen LogP contribution in [-0.4, -0.2) is 59.7 Å². The third-order valence-corrected chi connectivity index (χ3v) is 5.95. The lowest BCUT2D eigenvalue weighted by Gasteiger charge is -2.60. The SMILES string of the molecule is CC1COc2cc(C(F)(F)F)c(F)cc2N1C(=O)N1CC2(C1)CN(c1ncccn1)C2. The van der Waals surface area contributed by atoms with E-state index >= 15 is 0 Å². The molecule has 2 aromatic rings. The Kier molecular flexibility index (Phi) is 4.28. The number of carbonyl (C=O) groups is 1. The summed E-state index contributed by atoms with van der Waals surface area (Å²) in [6, 6.07) is 2.29. The lowest BCUT2D eigenvalue weighted by atomic mass is 9.73. The largest absolute Gasteiger partial charge is 0.489 e. The number of rotatable bonds is 1. The molecule has 1 atom stereocenters. The van der Waals surface area contributed by atoms with E-state index in [2.05, 4.69) is 9.97 Å². The molecule has 0 aliphatic carbocycles. The summed E-state index contributed by atoms with van der Waals surface area (Å²) in [5.41, 5.74) is -1.43. The molecule has 5 rings (SSSR count). The van der Waals surface area contributed by atoms with Gasteiger partial charge in [0.25, 0.3) is 0 Å². The first kappa shape index (κ1) is 19.8. The van der Waals surface area contributed by atoms with Crippen LogP contribution in [0.2, 0.25) is 0 Å². The Morgan fingerprint density at radius 1 is 1.16 bits per heavy atom. The number of urea groups is 1. The monoisotopic (exact) mass is 437 g/mol. The summed E-state index contributed by atoms with van der Waals surface area (Å²) in [5.74, 6) is -0.935. The van der Waals surface area contributed by atoms with Crippen molar-refractivity contribution in [3.63, 3.8) is 0 Å². The zero-order valence-corrected chi connectivity index (χ0v) is 16.6. The van der Waals surface area contributed by atoms with E-state index in [-0.39, 0.29) is 29.5 Å². The Hall–Kier alpha value is -3.11. The molecule has 1 unspecified atom stereocenters. The summed E-state index contributed by atoms with van der Waals surface area (Å²) in [4.78, 5) is 26.6. The average molecular weight is 437 g/mol. The van der Waals surface area contributed by atoms with E-state index in [9.17, 15) is 22.4 Å². The molecule has 1 aromatic carbocycles. The normalized spacial score (nSPS) is 21.8. The Labute approximate surface area is 175 Å². The highest BCUT2D eigenvalue weighted by molar-refractivity contribution is 5.95. The van der Waals surface area contributed by atoms with Crippen molar-refractivity contribution in [3.05, 3.63) is 42.0 Å². The molecule has 2 amide bonds. The average Bonchev–Trinajstić information content (AvgIpc) is 2.65. The quantitative estimate of drug-likeness (QED) is 0.642. The van der Waals surface area contributed by atoms with Crippen molar-refractivity contribution in [1.29, 1.82) is 0 Å². The predicted molar refractivity (Wildman–Crippen MR) is 102 cm³/mol. The van der Waals surface area contributed by atoms with Gasteiger partial charge in [-0.1, -0.05) is 0 Å². The van der Waals surface area contributed by atoms with E-state index < -0.39 is 23.6 Å². The molecule has 0 saturated carbocycles. The maximum Gasteiger partial charge on any atom is 0.419 e.